The second-order valence-electron chi connectivity index (χ2n) is 1.85. The molecule has 0 atom stereocenters. The first-order valence-corrected chi connectivity index (χ1v) is 4.64. The summed E-state index contributed by atoms with van der Waals surface area (Å²) in [5.41, 5.74) is 0. The van der Waals surface area contributed by atoms with E-state index in [1.807, 2.05) is 0 Å². The highest BCUT2D eigenvalue weighted by Gasteiger charge is 2.01. The molecule has 0 fully saturated rings. The van der Waals surface area contributed by atoms with E-state index in [9.17, 15) is 8.42 Å². The summed E-state index contributed by atoms with van der Waals surface area (Å²) in [5, 5.41) is 0.587. The lowest BCUT2D eigenvalue weighted by Crippen LogP contribution is -1.80. The Balaban J connectivity index is 3.31. The highest BCUT2D eigenvalue weighted by Crippen LogP contribution is 2.21. The molecule has 0 spiro atoms. The summed E-state index contributed by atoms with van der Waals surface area (Å²) in [6, 6.07) is 4.24. The van der Waals surface area contributed by atoms with Crippen LogP contribution in [-0.4, -0.2) is 8.42 Å². The van der Waals surface area contributed by atoms with E-state index in [1.165, 1.54) is 18.2 Å². The number of thiol groups is 1. The van der Waals surface area contributed by atoms with Crippen molar-refractivity contribution in [1.82, 2.24) is 0 Å². The van der Waals surface area contributed by atoms with Crippen LogP contribution in [0.1, 0.15) is 0 Å². The largest absolute Gasteiger partial charge is 0.227 e. The molecule has 11 heavy (non-hydrogen) atoms. The minimum atomic E-state index is -2.62. The van der Waals surface area contributed by atoms with Crippen molar-refractivity contribution in [3.8, 4) is 0 Å². The lowest BCUT2D eigenvalue weighted by Gasteiger charge is -1.94. The number of rotatable bonds is 1. The predicted molar refractivity (Wildman–Crippen MR) is 45.0 cm³/mol. The van der Waals surface area contributed by atoms with Gasteiger partial charge in [-0.05, 0) is 18.2 Å². The zero-order valence-electron chi connectivity index (χ0n) is 5.25. The SMILES string of the molecule is O=[SH](=O)c1ccc(Cl)cc1Cl. The fourth-order valence-corrected chi connectivity index (χ4v) is 1.68. The molecule has 0 N–H and O–H groups in total. The molecule has 0 aliphatic carbocycles. The Morgan fingerprint density at radius 3 is 2.27 bits per heavy atom. The Labute approximate surface area is 75.7 Å². The molecule has 1 aromatic rings. The van der Waals surface area contributed by atoms with E-state index in [-0.39, 0.29) is 9.92 Å². The van der Waals surface area contributed by atoms with Gasteiger partial charge in [0.15, 0.2) is 10.7 Å². The number of benzene rings is 1. The van der Waals surface area contributed by atoms with Crippen molar-refractivity contribution in [3.63, 3.8) is 0 Å². The smallest absolute Gasteiger partial charge is 0.169 e. The van der Waals surface area contributed by atoms with Crippen molar-refractivity contribution in [2.24, 2.45) is 0 Å². The van der Waals surface area contributed by atoms with E-state index >= 15 is 0 Å². The van der Waals surface area contributed by atoms with Crippen molar-refractivity contribution in [3.05, 3.63) is 28.2 Å². The highest BCUT2D eigenvalue weighted by atomic mass is 35.5. The average molecular weight is 211 g/mol. The normalized spacial score (nSPS) is 10.5. The molecule has 0 aliphatic rings. The monoisotopic (exact) mass is 210 g/mol. The predicted octanol–water partition coefficient (Wildman–Crippen LogP) is 1.96. The average Bonchev–Trinajstić information content (AvgIpc) is 1.85. The molecular formula is C6H4Cl2O2S. The first kappa shape index (κ1) is 8.84. The van der Waals surface area contributed by atoms with Crippen LogP contribution in [0, 0.1) is 0 Å². The minimum Gasteiger partial charge on any atom is -0.227 e. The molecule has 1 aromatic carbocycles. The molecule has 60 valence electrons. The molecular weight excluding hydrogens is 207 g/mol. The quantitative estimate of drug-likeness (QED) is 0.720. The van der Waals surface area contributed by atoms with E-state index in [2.05, 4.69) is 0 Å². The van der Waals surface area contributed by atoms with Gasteiger partial charge in [0.2, 0.25) is 0 Å². The summed E-state index contributed by atoms with van der Waals surface area (Å²) < 4.78 is 20.9. The van der Waals surface area contributed by atoms with Gasteiger partial charge in [0, 0.05) is 5.02 Å². The van der Waals surface area contributed by atoms with Gasteiger partial charge in [0.1, 0.15) is 0 Å². The number of halogens is 2. The molecule has 0 saturated carbocycles. The highest BCUT2D eigenvalue weighted by molar-refractivity contribution is 7.72. The van der Waals surface area contributed by atoms with Crippen molar-refractivity contribution in [2.45, 2.75) is 4.90 Å². The summed E-state index contributed by atoms with van der Waals surface area (Å²) in [5.74, 6) is 0. The van der Waals surface area contributed by atoms with Crippen molar-refractivity contribution in [2.75, 3.05) is 0 Å². The van der Waals surface area contributed by atoms with E-state index in [0.717, 1.165) is 0 Å². The molecule has 0 unspecified atom stereocenters. The van der Waals surface area contributed by atoms with Crippen LogP contribution in [-0.2, 0) is 10.7 Å². The van der Waals surface area contributed by atoms with Gasteiger partial charge in [-0.1, -0.05) is 23.2 Å². The topological polar surface area (TPSA) is 34.1 Å². The minimum absolute atomic E-state index is 0.103. The third kappa shape index (κ3) is 2.09. The molecule has 0 aliphatic heterocycles. The third-order valence-electron chi connectivity index (χ3n) is 1.11. The molecule has 0 radical (unpaired) electrons. The molecule has 1 rings (SSSR count). The maximum absolute atomic E-state index is 10.4. The van der Waals surface area contributed by atoms with Gasteiger partial charge in [-0.15, -0.1) is 0 Å². The van der Waals surface area contributed by atoms with E-state index in [1.54, 1.807) is 0 Å². The van der Waals surface area contributed by atoms with Crippen LogP contribution in [0.4, 0.5) is 0 Å². The van der Waals surface area contributed by atoms with E-state index in [0.29, 0.717) is 5.02 Å². The van der Waals surface area contributed by atoms with Crippen molar-refractivity contribution >= 4 is 33.9 Å². The summed E-state index contributed by atoms with van der Waals surface area (Å²) in [6.07, 6.45) is 0. The van der Waals surface area contributed by atoms with Crippen molar-refractivity contribution in [1.29, 1.82) is 0 Å². The van der Waals surface area contributed by atoms with Gasteiger partial charge in [0.25, 0.3) is 0 Å². The summed E-state index contributed by atoms with van der Waals surface area (Å²) >= 11 is 11.1. The second-order valence-corrected chi connectivity index (χ2v) is 3.69. The lowest BCUT2D eigenvalue weighted by atomic mass is 10.4. The maximum Gasteiger partial charge on any atom is 0.169 e. The van der Waals surface area contributed by atoms with Gasteiger partial charge < -0.3 is 0 Å². The van der Waals surface area contributed by atoms with Crippen molar-refractivity contribution < 1.29 is 8.42 Å². The lowest BCUT2D eigenvalue weighted by molar-refractivity contribution is 0.614. The number of hydrogen-bond acceptors (Lipinski definition) is 2. The Morgan fingerprint density at radius 2 is 1.82 bits per heavy atom. The molecule has 0 saturated heterocycles. The third-order valence-corrected chi connectivity index (χ3v) is 2.57. The Hall–Kier alpha value is -0.250. The molecule has 2 nitrogen and oxygen atoms in total. The van der Waals surface area contributed by atoms with Gasteiger partial charge in [-0.25, -0.2) is 8.42 Å². The second kappa shape index (κ2) is 3.43. The van der Waals surface area contributed by atoms with Crippen LogP contribution in [0.15, 0.2) is 23.1 Å². The van der Waals surface area contributed by atoms with Crippen LogP contribution in [0.25, 0.3) is 0 Å². The summed E-state index contributed by atoms with van der Waals surface area (Å²) in [6.45, 7) is 0. The van der Waals surface area contributed by atoms with Crippen LogP contribution in [0.5, 0.6) is 0 Å². The fourth-order valence-electron chi connectivity index (χ4n) is 0.629. The van der Waals surface area contributed by atoms with Gasteiger partial charge in [-0.3, -0.25) is 0 Å². The van der Waals surface area contributed by atoms with Gasteiger partial charge >= 0.3 is 0 Å². The first-order valence-electron chi connectivity index (χ1n) is 2.70. The Kier molecular flexibility index (Phi) is 2.76. The van der Waals surface area contributed by atoms with Crippen LogP contribution in [0.3, 0.4) is 0 Å². The van der Waals surface area contributed by atoms with Crippen LogP contribution in [0.2, 0.25) is 10.0 Å². The first-order chi connectivity index (χ1) is 5.11. The Morgan fingerprint density at radius 1 is 1.18 bits per heavy atom. The fraction of sp³-hybridized carbons (Fsp3) is 0. The maximum atomic E-state index is 10.4. The van der Waals surface area contributed by atoms with E-state index < -0.39 is 10.7 Å². The summed E-state index contributed by atoms with van der Waals surface area (Å²) in [7, 11) is -2.62. The molecule has 0 aromatic heterocycles. The van der Waals surface area contributed by atoms with Crippen LogP contribution < -0.4 is 0 Å². The van der Waals surface area contributed by atoms with Gasteiger partial charge in [-0.2, -0.15) is 0 Å². The Bertz CT molecular complexity index is 338. The molecule has 0 bridgehead atoms. The molecule has 5 heteroatoms. The van der Waals surface area contributed by atoms with E-state index in [4.69, 9.17) is 23.2 Å². The zero-order chi connectivity index (χ0) is 8.43. The molecule has 0 heterocycles. The number of hydrogen-bond donors (Lipinski definition) is 1. The molecule has 0 amide bonds. The zero-order valence-corrected chi connectivity index (χ0v) is 7.66. The van der Waals surface area contributed by atoms with Gasteiger partial charge in [0.05, 0.1) is 9.92 Å². The van der Waals surface area contributed by atoms with Crippen LogP contribution >= 0.6 is 23.2 Å². The standard InChI is InChI=1S/C6H4Cl2O2S/c7-4-1-2-6(11(9)10)5(8)3-4/h1-3,11H. The summed E-state index contributed by atoms with van der Waals surface area (Å²) in [4.78, 5) is 0.103.